The van der Waals surface area contributed by atoms with Crippen LogP contribution in [0.3, 0.4) is 0 Å². The third-order valence-corrected chi connectivity index (χ3v) is 2.17. The number of halogens is 6. The molecule has 1 atom stereocenters. The van der Waals surface area contributed by atoms with Gasteiger partial charge in [0.2, 0.25) is 0 Å². The minimum Gasteiger partial charge on any atom is -0.324 e. The predicted molar refractivity (Wildman–Crippen MR) is 48.5 cm³/mol. The molecule has 0 saturated heterocycles. The van der Waals surface area contributed by atoms with E-state index in [-0.39, 0.29) is 5.56 Å². The molecule has 0 amide bonds. The highest BCUT2D eigenvalue weighted by molar-refractivity contribution is 5.22. The summed E-state index contributed by atoms with van der Waals surface area (Å²) >= 11 is 0. The Morgan fingerprint density at radius 2 is 1.53 bits per heavy atom. The number of nitrogens with two attached hydrogens (primary N) is 1. The molecule has 0 aromatic heterocycles. The maximum Gasteiger partial charge on any atom is 0.389 e. The van der Waals surface area contributed by atoms with Gasteiger partial charge in [0.15, 0.2) is 17.5 Å². The van der Waals surface area contributed by atoms with E-state index in [9.17, 15) is 26.3 Å². The van der Waals surface area contributed by atoms with E-state index in [1.807, 2.05) is 0 Å². The van der Waals surface area contributed by atoms with E-state index in [0.29, 0.717) is 12.1 Å². The highest BCUT2D eigenvalue weighted by Crippen LogP contribution is 2.27. The zero-order valence-electron chi connectivity index (χ0n) is 8.49. The summed E-state index contributed by atoms with van der Waals surface area (Å²) in [5.74, 6) is -4.61. The molecule has 96 valence electrons. The Morgan fingerprint density at radius 3 is 1.94 bits per heavy atom. The lowest BCUT2D eigenvalue weighted by Gasteiger charge is -2.14. The van der Waals surface area contributed by atoms with Gasteiger partial charge in [-0.05, 0) is 24.1 Å². The molecule has 0 fully saturated rings. The Labute approximate surface area is 93.2 Å². The standard InChI is InChI=1S/C10H9F6N/c11-6-3-5(4-7(12)9(6)13)8(17)1-2-10(14,15)16/h3-4,8H,1-2,17H2. The summed E-state index contributed by atoms with van der Waals surface area (Å²) in [5.41, 5.74) is 5.13. The molecule has 17 heavy (non-hydrogen) atoms. The van der Waals surface area contributed by atoms with Crippen molar-refractivity contribution >= 4 is 0 Å². The first-order valence-electron chi connectivity index (χ1n) is 4.67. The van der Waals surface area contributed by atoms with Crippen molar-refractivity contribution in [1.29, 1.82) is 0 Å². The molecule has 0 spiro atoms. The number of benzene rings is 1. The molecular weight excluding hydrogens is 248 g/mol. The second-order valence-corrected chi connectivity index (χ2v) is 3.56. The quantitative estimate of drug-likeness (QED) is 0.651. The van der Waals surface area contributed by atoms with E-state index < -0.39 is 42.5 Å². The van der Waals surface area contributed by atoms with Crippen LogP contribution in [0.4, 0.5) is 26.3 Å². The lowest BCUT2D eigenvalue weighted by atomic mass is 10.0. The van der Waals surface area contributed by atoms with Crippen LogP contribution in [0.5, 0.6) is 0 Å². The summed E-state index contributed by atoms with van der Waals surface area (Å²) in [6, 6.07) is 0.0000515. The molecule has 0 radical (unpaired) electrons. The van der Waals surface area contributed by atoms with Crippen molar-refractivity contribution in [2.75, 3.05) is 0 Å². The Balaban J connectivity index is 2.79. The maximum absolute atomic E-state index is 12.8. The molecule has 0 aliphatic heterocycles. The fourth-order valence-electron chi connectivity index (χ4n) is 1.28. The SMILES string of the molecule is NC(CCC(F)(F)F)c1cc(F)c(F)c(F)c1. The molecule has 0 aliphatic rings. The zero-order chi connectivity index (χ0) is 13.2. The highest BCUT2D eigenvalue weighted by atomic mass is 19.4. The van der Waals surface area contributed by atoms with Gasteiger partial charge >= 0.3 is 6.18 Å². The summed E-state index contributed by atoms with van der Waals surface area (Å²) in [4.78, 5) is 0. The van der Waals surface area contributed by atoms with Crippen molar-refractivity contribution < 1.29 is 26.3 Å². The van der Waals surface area contributed by atoms with E-state index >= 15 is 0 Å². The van der Waals surface area contributed by atoms with Gasteiger partial charge in [0.25, 0.3) is 0 Å². The largest absolute Gasteiger partial charge is 0.389 e. The van der Waals surface area contributed by atoms with Gasteiger partial charge in [-0.3, -0.25) is 0 Å². The molecule has 0 bridgehead atoms. The van der Waals surface area contributed by atoms with Crippen LogP contribution in [0.25, 0.3) is 0 Å². The molecule has 0 saturated carbocycles. The van der Waals surface area contributed by atoms with Crippen LogP contribution in [0.1, 0.15) is 24.4 Å². The van der Waals surface area contributed by atoms with Crippen molar-refractivity contribution in [2.45, 2.75) is 25.1 Å². The van der Waals surface area contributed by atoms with Gasteiger partial charge in [-0.15, -0.1) is 0 Å². The van der Waals surface area contributed by atoms with E-state index in [2.05, 4.69) is 0 Å². The summed E-state index contributed by atoms with van der Waals surface area (Å²) in [6.45, 7) is 0. The summed E-state index contributed by atoms with van der Waals surface area (Å²) in [6.07, 6.45) is -6.09. The number of hydrogen-bond acceptors (Lipinski definition) is 1. The highest BCUT2D eigenvalue weighted by Gasteiger charge is 2.28. The van der Waals surface area contributed by atoms with Crippen LogP contribution in [-0.4, -0.2) is 6.18 Å². The Hall–Kier alpha value is -1.24. The topological polar surface area (TPSA) is 26.0 Å². The van der Waals surface area contributed by atoms with Gasteiger partial charge in [-0.2, -0.15) is 13.2 Å². The van der Waals surface area contributed by atoms with Gasteiger partial charge in [-0.25, -0.2) is 13.2 Å². The third-order valence-electron chi connectivity index (χ3n) is 2.17. The van der Waals surface area contributed by atoms with Gasteiger partial charge in [0.05, 0.1) is 0 Å². The molecule has 2 N–H and O–H groups in total. The fraction of sp³-hybridized carbons (Fsp3) is 0.400. The monoisotopic (exact) mass is 257 g/mol. The first kappa shape index (κ1) is 13.8. The van der Waals surface area contributed by atoms with E-state index in [4.69, 9.17) is 5.73 Å². The van der Waals surface area contributed by atoms with E-state index in [1.165, 1.54) is 0 Å². The van der Waals surface area contributed by atoms with Gasteiger partial charge in [-0.1, -0.05) is 0 Å². The van der Waals surface area contributed by atoms with Crippen molar-refractivity contribution in [3.8, 4) is 0 Å². The lowest BCUT2D eigenvalue weighted by Crippen LogP contribution is -2.16. The van der Waals surface area contributed by atoms with E-state index in [0.717, 1.165) is 0 Å². The fourth-order valence-corrected chi connectivity index (χ4v) is 1.28. The summed E-state index contributed by atoms with van der Waals surface area (Å²) in [7, 11) is 0. The zero-order valence-corrected chi connectivity index (χ0v) is 8.49. The smallest absolute Gasteiger partial charge is 0.324 e. The van der Waals surface area contributed by atoms with Crippen molar-refractivity contribution in [1.82, 2.24) is 0 Å². The molecule has 1 unspecified atom stereocenters. The molecular formula is C10H9F6N. The Bertz CT molecular complexity index is 377. The summed E-state index contributed by atoms with van der Waals surface area (Å²) < 4.78 is 73.8. The van der Waals surface area contributed by atoms with Crippen LogP contribution in [-0.2, 0) is 0 Å². The van der Waals surface area contributed by atoms with Crippen LogP contribution < -0.4 is 5.73 Å². The first-order chi connectivity index (χ1) is 7.70. The number of alkyl halides is 3. The molecule has 0 heterocycles. The average Bonchev–Trinajstić information content (AvgIpc) is 2.20. The van der Waals surface area contributed by atoms with Gasteiger partial charge < -0.3 is 5.73 Å². The van der Waals surface area contributed by atoms with Gasteiger partial charge in [0, 0.05) is 12.5 Å². The molecule has 0 aliphatic carbocycles. The third kappa shape index (κ3) is 3.92. The first-order valence-corrected chi connectivity index (χ1v) is 4.67. The predicted octanol–water partition coefficient (Wildman–Crippen LogP) is 3.45. The normalized spacial score (nSPS) is 13.8. The second kappa shape index (κ2) is 4.95. The number of hydrogen-bond donors (Lipinski definition) is 1. The minimum atomic E-state index is -4.39. The van der Waals surface area contributed by atoms with E-state index in [1.54, 1.807) is 0 Å². The van der Waals surface area contributed by atoms with Crippen molar-refractivity contribution in [3.63, 3.8) is 0 Å². The molecule has 1 aromatic carbocycles. The van der Waals surface area contributed by atoms with Crippen LogP contribution >= 0.6 is 0 Å². The molecule has 1 aromatic rings. The van der Waals surface area contributed by atoms with Crippen LogP contribution in [0, 0.1) is 17.5 Å². The second-order valence-electron chi connectivity index (χ2n) is 3.56. The number of rotatable bonds is 3. The van der Waals surface area contributed by atoms with Crippen molar-refractivity contribution in [3.05, 3.63) is 35.1 Å². The molecule has 7 heteroatoms. The van der Waals surface area contributed by atoms with Gasteiger partial charge in [0.1, 0.15) is 0 Å². The molecule has 1 nitrogen and oxygen atoms in total. The van der Waals surface area contributed by atoms with Crippen LogP contribution in [0.2, 0.25) is 0 Å². The lowest BCUT2D eigenvalue weighted by molar-refractivity contribution is -0.136. The maximum atomic E-state index is 12.8. The Morgan fingerprint density at radius 1 is 1.06 bits per heavy atom. The van der Waals surface area contributed by atoms with Crippen molar-refractivity contribution in [2.24, 2.45) is 5.73 Å². The molecule has 1 rings (SSSR count). The van der Waals surface area contributed by atoms with Crippen LogP contribution in [0.15, 0.2) is 12.1 Å². The average molecular weight is 257 g/mol. The minimum absolute atomic E-state index is 0.203. The Kier molecular flexibility index (Phi) is 4.03. The summed E-state index contributed by atoms with van der Waals surface area (Å²) in [5, 5.41) is 0.